The topological polar surface area (TPSA) is 101 Å². The molecule has 3 aliphatic rings. The molecule has 2 fully saturated rings. The molecule has 1 amide bonds. The van der Waals surface area contributed by atoms with E-state index in [4.69, 9.17) is 5.10 Å². The summed E-state index contributed by atoms with van der Waals surface area (Å²) in [5, 5.41) is 8.95. The van der Waals surface area contributed by atoms with Crippen LogP contribution in [0, 0.1) is 10.8 Å². The third kappa shape index (κ3) is 5.59. The van der Waals surface area contributed by atoms with Crippen molar-refractivity contribution in [3.8, 4) is 0 Å². The van der Waals surface area contributed by atoms with Gasteiger partial charge in [-0.3, -0.25) is 23.9 Å². The van der Waals surface area contributed by atoms with E-state index in [9.17, 15) is 19.2 Å². The predicted octanol–water partition coefficient (Wildman–Crippen LogP) is 5.89. The highest BCUT2D eigenvalue weighted by Gasteiger charge is 2.66. The molecule has 1 saturated heterocycles. The molecule has 8 heteroatoms. The monoisotopic (exact) mass is 562 g/mol. The number of amides is 1. The van der Waals surface area contributed by atoms with Crippen molar-refractivity contribution in [3.05, 3.63) is 23.4 Å². The van der Waals surface area contributed by atoms with Gasteiger partial charge in [0.2, 0.25) is 5.91 Å². The van der Waals surface area contributed by atoms with Crippen molar-refractivity contribution in [3.63, 3.8) is 0 Å². The van der Waals surface area contributed by atoms with Gasteiger partial charge in [-0.1, -0.05) is 33.6 Å². The van der Waals surface area contributed by atoms with Gasteiger partial charge in [0.1, 0.15) is 18.0 Å². The molecule has 0 radical (unpaired) electrons. The summed E-state index contributed by atoms with van der Waals surface area (Å²) in [6.45, 7) is 11.6. The lowest BCUT2D eigenvalue weighted by molar-refractivity contribution is -0.139. The van der Waals surface area contributed by atoms with E-state index < -0.39 is 6.04 Å². The molecule has 2 bridgehead atoms. The van der Waals surface area contributed by atoms with Gasteiger partial charge < -0.3 is 10.2 Å². The fourth-order valence-corrected chi connectivity index (χ4v) is 7.36. The lowest BCUT2D eigenvalue weighted by Crippen LogP contribution is -2.44. The number of aromatic nitrogens is 2. The normalized spacial score (nSPS) is 26.7. The van der Waals surface area contributed by atoms with Gasteiger partial charge in [0.15, 0.2) is 11.6 Å². The number of carbonyl (C=O) groups is 4. The van der Waals surface area contributed by atoms with Crippen LogP contribution >= 0.6 is 0 Å². The molecular weight excluding hydrogens is 516 g/mol. The van der Waals surface area contributed by atoms with Gasteiger partial charge >= 0.3 is 0 Å². The lowest BCUT2D eigenvalue weighted by atomic mass is 9.79. The number of rotatable bonds is 5. The fraction of sp³-hybridized carbons (Fsp3) is 0.667. The lowest BCUT2D eigenvalue weighted by Gasteiger charge is -2.27. The van der Waals surface area contributed by atoms with Crippen LogP contribution < -0.4 is 5.32 Å². The summed E-state index contributed by atoms with van der Waals surface area (Å²) in [6.07, 6.45) is 7.60. The Hall–Kier alpha value is -3.03. The number of ketones is 3. The molecule has 41 heavy (non-hydrogen) atoms. The van der Waals surface area contributed by atoms with Crippen LogP contribution in [0.5, 0.6) is 0 Å². The molecular formula is C33H46N4O4. The van der Waals surface area contributed by atoms with Crippen LogP contribution in [0.2, 0.25) is 0 Å². The van der Waals surface area contributed by atoms with Crippen molar-refractivity contribution >= 4 is 39.8 Å². The summed E-state index contributed by atoms with van der Waals surface area (Å²) in [5.41, 5.74) is 2.66. The van der Waals surface area contributed by atoms with E-state index in [1.54, 1.807) is 4.68 Å². The van der Waals surface area contributed by atoms with Crippen molar-refractivity contribution in [2.75, 3.05) is 5.32 Å². The third-order valence-corrected chi connectivity index (χ3v) is 9.78. The molecule has 1 aliphatic carbocycles. The first kappa shape index (κ1) is 29.5. The van der Waals surface area contributed by atoms with Crippen LogP contribution in [0.15, 0.2) is 12.1 Å². The zero-order valence-electron chi connectivity index (χ0n) is 25.6. The summed E-state index contributed by atoms with van der Waals surface area (Å²) in [6, 6.07) is 3.85. The largest absolute Gasteiger partial charge is 0.383 e. The van der Waals surface area contributed by atoms with E-state index in [2.05, 4.69) is 39.1 Å². The molecule has 0 unspecified atom stereocenters. The number of anilines is 1. The Balaban J connectivity index is 1.59. The summed E-state index contributed by atoms with van der Waals surface area (Å²) < 4.78 is 1.71. The zero-order valence-corrected chi connectivity index (χ0v) is 25.6. The number of hydrogen-bond donors (Lipinski definition) is 1. The first-order valence-corrected chi connectivity index (χ1v) is 15.5. The molecule has 222 valence electrons. The van der Waals surface area contributed by atoms with Crippen molar-refractivity contribution < 1.29 is 19.2 Å². The standard InChI is InChI=1S/C33H46N4O4/c1-7-26(39)25-17-33-14-12-28(40)32(5,6)13-10-8-9-11-22-15-23(34-20(2)3)16-24-30(21(4)38)35-36(31(22)24)19-29(41)37(25)27(33)18-33/h15-16,20,25,27,34H,7-14,17-19H2,1-6H3/t25-,27+,33-/m0/s1. The smallest absolute Gasteiger partial charge is 0.245 e. The number of hydrogen-bond acceptors (Lipinski definition) is 6. The molecule has 0 spiro atoms. The molecule has 2 aromatic rings. The van der Waals surface area contributed by atoms with Crippen LogP contribution in [-0.4, -0.2) is 56.1 Å². The van der Waals surface area contributed by atoms with Crippen molar-refractivity contribution in [2.24, 2.45) is 10.8 Å². The molecule has 2 aliphatic heterocycles. The van der Waals surface area contributed by atoms with Crippen molar-refractivity contribution in [1.29, 1.82) is 0 Å². The molecule has 3 heterocycles. The highest BCUT2D eigenvalue weighted by Crippen LogP contribution is 2.62. The number of aryl methyl sites for hydroxylation is 1. The summed E-state index contributed by atoms with van der Waals surface area (Å²) >= 11 is 0. The molecule has 5 rings (SSSR count). The molecule has 3 atom stereocenters. The predicted molar refractivity (Wildman–Crippen MR) is 160 cm³/mol. The Labute approximate surface area is 243 Å². The van der Waals surface area contributed by atoms with Gasteiger partial charge in [0, 0.05) is 48.3 Å². The van der Waals surface area contributed by atoms with E-state index in [0.29, 0.717) is 25.0 Å². The second kappa shape index (κ2) is 11.0. The number of nitrogens with one attached hydrogen (secondary N) is 1. The van der Waals surface area contributed by atoms with Gasteiger partial charge in [-0.2, -0.15) is 5.10 Å². The van der Waals surface area contributed by atoms with E-state index in [1.807, 2.05) is 17.9 Å². The van der Waals surface area contributed by atoms with Crippen molar-refractivity contribution in [1.82, 2.24) is 14.7 Å². The second-order valence-corrected chi connectivity index (χ2v) is 13.7. The number of benzene rings is 1. The van der Waals surface area contributed by atoms with Crippen LogP contribution in [-0.2, 0) is 27.3 Å². The van der Waals surface area contributed by atoms with Crippen LogP contribution in [0.3, 0.4) is 0 Å². The summed E-state index contributed by atoms with van der Waals surface area (Å²) in [5.74, 6) is 0.0955. The first-order valence-electron chi connectivity index (χ1n) is 15.5. The summed E-state index contributed by atoms with van der Waals surface area (Å²) in [7, 11) is 0. The Kier molecular flexibility index (Phi) is 7.90. The second-order valence-electron chi connectivity index (χ2n) is 13.7. The maximum Gasteiger partial charge on any atom is 0.245 e. The highest BCUT2D eigenvalue weighted by atomic mass is 16.2. The number of piperidine rings is 1. The average molecular weight is 563 g/mol. The quantitative estimate of drug-likeness (QED) is 0.456. The zero-order chi connectivity index (χ0) is 29.7. The maximum atomic E-state index is 14.0. The Morgan fingerprint density at radius 3 is 2.51 bits per heavy atom. The Morgan fingerprint density at radius 2 is 1.83 bits per heavy atom. The highest BCUT2D eigenvalue weighted by molar-refractivity contribution is 6.06. The SMILES string of the molecule is CCC(=O)[C@@H]1C[C@]23CCC(=O)C(C)(C)CCCCCc4cc(NC(C)C)cc5c(C(C)=O)nn(c45)CC(=O)N1[C@@H]2C3. The number of carbonyl (C=O) groups excluding carboxylic acids is 4. The van der Waals surface area contributed by atoms with Crippen LogP contribution in [0.1, 0.15) is 115 Å². The van der Waals surface area contributed by atoms with Crippen LogP contribution in [0.4, 0.5) is 5.69 Å². The minimum absolute atomic E-state index is 0.0141. The number of Topliss-reactive ketones (excluding diaryl/α,β-unsaturated/α-hetero) is 3. The molecule has 1 aromatic carbocycles. The van der Waals surface area contributed by atoms with Crippen molar-refractivity contribution in [2.45, 2.75) is 130 Å². The van der Waals surface area contributed by atoms with Gasteiger partial charge in [0.25, 0.3) is 0 Å². The molecule has 8 nitrogen and oxygen atoms in total. The van der Waals surface area contributed by atoms with E-state index in [-0.39, 0.29) is 52.7 Å². The minimum Gasteiger partial charge on any atom is -0.383 e. The Morgan fingerprint density at radius 1 is 1.07 bits per heavy atom. The van der Waals surface area contributed by atoms with E-state index >= 15 is 0 Å². The van der Waals surface area contributed by atoms with E-state index in [0.717, 1.165) is 67.1 Å². The van der Waals surface area contributed by atoms with Gasteiger partial charge in [-0.25, -0.2) is 0 Å². The van der Waals surface area contributed by atoms with Gasteiger partial charge in [-0.15, -0.1) is 0 Å². The van der Waals surface area contributed by atoms with Gasteiger partial charge in [0.05, 0.1) is 11.6 Å². The van der Waals surface area contributed by atoms with E-state index in [1.165, 1.54) is 6.92 Å². The Bertz CT molecular complexity index is 1390. The third-order valence-electron chi connectivity index (χ3n) is 9.78. The molecule has 1 aromatic heterocycles. The minimum atomic E-state index is -0.455. The maximum absolute atomic E-state index is 14.0. The van der Waals surface area contributed by atoms with Gasteiger partial charge in [-0.05, 0) is 75.5 Å². The molecule has 1 N–H and O–H groups in total. The fourth-order valence-electron chi connectivity index (χ4n) is 7.36. The van der Waals surface area contributed by atoms with Crippen LogP contribution in [0.25, 0.3) is 10.9 Å². The average Bonchev–Trinajstić information content (AvgIpc) is 3.31. The summed E-state index contributed by atoms with van der Waals surface area (Å²) in [4.78, 5) is 55.0. The number of nitrogens with zero attached hydrogens (tertiary/aromatic N) is 3. The first-order chi connectivity index (χ1) is 19.4. The molecule has 1 saturated carbocycles.